The molecule has 0 radical (unpaired) electrons. The number of pyridine rings is 1. The summed E-state index contributed by atoms with van der Waals surface area (Å²) < 4.78 is 3.57. The van der Waals surface area contributed by atoms with Crippen molar-refractivity contribution in [3.8, 4) is 10.6 Å². The molecule has 0 saturated heterocycles. The third kappa shape index (κ3) is 2.02. The molecule has 19 heavy (non-hydrogen) atoms. The van der Waals surface area contributed by atoms with Gasteiger partial charge in [0, 0.05) is 6.54 Å². The van der Waals surface area contributed by atoms with Gasteiger partial charge in [-0.1, -0.05) is 48.6 Å². The van der Waals surface area contributed by atoms with Crippen LogP contribution in [-0.2, 0) is 6.42 Å². The van der Waals surface area contributed by atoms with E-state index in [9.17, 15) is 0 Å². The Labute approximate surface area is 118 Å². The first-order chi connectivity index (χ1) is 9.35. The second kappa shape index (κ2) is 5.06. The highest BCUT2D eigenvalue weighted by Crippen LogP contribution is 2.37. The summed E-state index contributed by atoms with van der Waals surface area (Å²) in [5.41, 5.74) is 2.74. The van der Waals surface area contributed by atoms with Crippen LogP contribution in [0.15, 0.2) is 48.7 Å². The topological polar surface area (TPSA) is 3.88 Å². The average molecular weight is 267 g/mol. The van der Waals surface area contributed by atoms with Crippen LogP contribution in [0.1, 0.15) is 19.4 Å². The molecule has 2 heteroatoms. The zero-order chi connectivity index (χ0) is 13.2. The van der Waals surface area contributed by atoms with Crippen LogP contribution in [0.5, 0.6) is 0 Å². The van der Waals surface area contributed by atoms with E-state index in [0.717, 1.165) is 6.42 Å². The van der Waals surface area contributed by atoms with Gasteiger partial charge >= 0.3 is 0 Å². The van der Waals surface area contributed by atoms with Crippen molar-refractivity contribution in [1.29, 1.82) is 0 Å². The van der Waals surface area contributed by atoms with Crippen molar-refractivity contribution in [2.24, 2.45) is 0 Å². The highest BCUT2D eigenvalue weighted by Gasteiger charge is 2.18. The lowest BCUT2D eigenvalue weighted by atomic mass is 10.1. The molecule has 2 heterocycles. The molecule has 0 unspecified atom stereocenters. The Kier molecular flexibility index (Phi) is 3.26. The van der Waals surface area contributed by atoms with Crippen LogP contribution in [-0.4, -0.2) is 0 Å². The SMILES string of the molecule is C[CH-][n+]1ccccc1-c1[s+][c-]2ccccc2c1CC. The molecule has 2 aromatic heterocycles. The molecular formula is C17H17NS. The fraction of sp³-hybridized carbons (Fsp3) is 0.176. The van der Waals surface area contributed by atoms with E-state index < -0.39 is 0 Å². The van der Waals surface area contributed by atoms with Crippen LogP contribution in [0, 0.1) is 6.54 Å². The minimum Gasteiger partial charge on any atom is -0.333 e. The monoisotopic (exact) mass is 267 g/mol. The minimum absolute atomic E-state index is 1.07. The lowest BCUT2D eigenvalue weighted by molar-refractivity contribution is -0.620. The Balaban J connectivity index is 2.30. The standard InChI is InChI=1S/C17H17NS/c1-3-13-14-9-5-6-11-16(14)19-17(13)15-10-7-8-12-18(15)4-2/h4-12H,3H2,1-2H3. The third-order valence-corrected chi connectivity index (χ3v) is 4.69. The number of aryl methyl sites for hydroxylation is 1. The molecule has 0 saturated carbocycles. The van der Waals surface area contributed by atoms with Gasteiger partial charge in [0.1, 0.15) is 17.0 Å². The van der Waals surface area contributed by atoms with Gasteiger partial charge in [-0.2, -0.15) is 0 Å². The van der Waals surface area contributed by atoms with Crippen molar-refractivity contribution in [2.75, 3.05) is 0 Å². The van der Waals surface area contributed by atoms with Gasteiger partial charge in [-0.3, -0.25) is 0 Å². The van der Waals surface area contributed by atoms with Crippen LogP contribution in [0.25, 0.3) is 20.7 Å². The van der Waals surface area contributed by atoms with Crippen molar-refractivity contribution in [2.45, 2.75) is 20.3 Å². The molecule has 0 aliphatic carbocycles. The summed E-state index contributed by atoms with van der Waals surface area (Å²) in [5.74, 6) is 0. The molecule has 0 atom stereocenters. The Hall–Kier alpha value is -1.80. The molecule has 96 valence electrons. The minimum atomic E-state index is 1.07. The molecule has 0 N–H and O–H groups in total. The average Bonchev–Trinajstić information content (AvgIpc) is 2.85. The van der Waals surface area contributed by atoms with E-state index in [1.165, 1.54) is 26.2 Å². The number of rotatable bonds is 3. The van der Waals surface area contributed by atoms with Gasteiger partial charge in [-0.25, -0.2) is 0 Å². The van der Waals surface area contributed by atoms with Crippen molar-refractivity contribution >= 4 is 21.4 Å². The predicted octanol–water partition coefficient (Wildman–Crippen LogP) is 4.45. The number of fused-ring (bicyclic) bond motifs is 1. The Morgan fingerprint density at radius 1 is 1.21 bits per heavy atom. The Morgan fingerprint density at radius 3 is 2.84 bits per heavy atom. The first-order valence-electron chi connectivity index (χ1n) is 6.65. The Morgan fingerprint density at radius 2 is 2.05 bits per heavy atom. The molecule has 0 aliphatic rings. The number of thiophene rings is 1. The van der Waals surface area contributed by atoms with Crippen molar-refractivity contribution in [3.05, 3.63) is 60.8 Å². The molecule has 0 spiro atoms. The van der Waals surface area contributed by atoms with E-state index in [1.807, 2.05) is 11.3 Å². The maximum absolute atomic E-state index is 2.24. The van der Waals surface area contributed by atoms with Crippen LogP contribution in [0.2, 0.25) is 0 Å². The summed E-state index contributed by atoms with van der Waals surface area (Å²) >= 11 is 1.89. The summed E-state index contributed by atoms with van der Waals surface area (Å²) in [5, 5.41) is 1.40. The first kappa shape index (κ1) is 12.2. The highest BCUT2D eigenvalue weighted by atomic mass is 32.1. The van der Waals surface area contributed by atoms with Gasteiger partial charge in [0.05, 0.1) is 6.20 Å². The predicted molar refractivity (Wildman–Crippen MR) is 82.2 cm³/mol. The zero-order valence-corrected chi connectivity index (χ0v) is 12.1. The number of hydrogen-bond acceptors (Lipinski definition) is 0. The van der Waals surface area contributed by atoms with E-state index in [2.05, 4.69) is 73.6 Å². The van der Waals surface area contributed by atoms with Gasteiger partial charge in [0.25, 0.3) is 0 Å². The van der Waals surface area contributed by atoms with Gasteiger partial charge < -0.3 is 4.57 Å². The van der Waals surface area contributed by atoms with Crippen molar-refractivity contribution < 1.29 is 4.57 Å². The molecule has 0 amide bonds. The molecule has 1 aromatic carbocycles. The summed E-state index contributed by atoms with van der Waals surface area (Å²) in [6.45, 7) is 6.42. The van der Waals surface area contributed by atoms with Crippen molar-refractivity contribution in [3.63, 3.8) is 0 Å². The largest absolute Gasteiger partial charge is 0.333 e. The van der Waals surface area contributed by atoms with Gasteiger partial charge in [-0.05, 0) is 6.92 Å². The van der Waals surface area contributed by atoms with Gasteiger partial charge in [0.2, 0.25) is 0 Å². The maximum Gasteiger partial charge on any atom is 0.162 e. The van der Waals surface area contributed by atoms with E-state index in [-0.39, 0.29) is 0 Å². The van der Waals surface area contributed by atoms with E-state index >= 15 is 0 Å². The van der Waals surface area contributed by atoms with Crippen LogP contribution >= 0.6 is 11.3 Å². The number of benzene rings is 1. The lowest BCUT2D eigenvalue weighted by Crippen LogP contribution is -2.32. The third-order valence-electron chi connectivity index (χ3n) is 3.45. The quantitative estimate of drug-likeness (QED) is 0.375. The van der Waals surface area contributed by atoms with Crippen LogP contribution in [0.3, 0.4) is 0 Å². The normalized spacial score (nSPS) is 10.8. The fourth-order valence-corrected chi connectivity index (χ4v) is 3.85. The second-order valence-corrected chi connectivity index (χ2v) is 5.56. The molecule has 3 aromatic rings. The number of nitrogens with zero attached hydrogens (tertiary/aromatic N) is 1. The van der Waals surface area contributed by atoms with E-state index in [1.54, 1.807) is 0 Å². The zero-order valence-electron chi connectivity index (χ0n) is 11.3. The van der Waals surface area contributed by atoms with Gasteiger partial charge in [0.15, 0.2) is 9.58 Å². The summed E-state index contributed by atoms with van der Waals surface area (Å²) in [6.07, 6.45) is 3.18. The fourth-order valence-electron chi connectivity index (χ4n) is 2.53. The molecule has 1 nitrogen and oxygen atoms in total. The Bertz CT molecular complexity index is 712. The summed E-state index contributed by atoms with van der Waals surface area (Å²) in [6, 6.07) is 15.1. The van der Waals surface area contributed by atoms with Crippen LogP contribution in [0.4, 0.5) is 0 Å². The first-order valence-corrected chi connectivity index (χ1v) is 7.47. The van der Waals surface area contributed by atoms with Gasteiger partial charge in [-0.15, -0.1) is 18.2 Å². The molecule has 0 bridgehead atoms. The molecule has 0 aliphatic heterocycles. The molecule has 3 rings (SSSR count). The number of hydrogen-bond donors (Lipinski definition) is 0. The van der Waals surface area contributed by atoms with Crippen LogP contribution < -0.4 is 4.57 Å². The summed E-state index contributed by atoms with van der Waals surface area (Å²) in [7, 11) is 0. The number of aromatic nitrogens is 1. The second-order valence-electron chi connectivity index (χ2n) is 4.51. The van der Waals surface area contributed by atoms with E-state index in [0.29, 0.717) is 0 Å². The van der Waals surface area contributed by atoms with E-state index in [4.69, 9.17) is 0 Å². The maximum atomic E-state index is 2.24. The van der Waals surface area contributed by atoms with Crippen molar-refractivity contribution in [1.82, 2.24) is 0 Å². The molecular weight excluding hydrogens is 250 g/mol. The lowest BCUT2D eigenvalue weighted by Gasteiger charge is -2.08. The molecule has 0 fully saturated rings. The summed E-state index contributed by atoms with van der Waals surface area (Å²) in [4.78, 5) is 1.39. The smallest absolute Gasteiger partial charge is 0.162 e. The highest BCUT2D eigenvalue weighted by molar-refractivity contribution is 7.22.